The van der Waals surface area contributed by atoms with E-state index in [-0.39, 0.29) is 6.04 Å². The molecule has 1 aliphatic heterocycles. The van der Waals surface area contributed by atoms with Gasteiger partial charge >= 0.3 is 0 Å². The van der Waals surface area contributed by atoms with Gasteiger partial charge in [-0.15, -0.1) is 0 Å². The van der Waals surface area contributed by atoms with Crippen molar-refractivity contribution in [3.63, 3.8) is 0 Å². The smallest absolute Gasteiger partial charge is 0.141 e. The molecular formula is C8H11N3O. The summed E-state index contributed by atoms with van der Waals surface area (Å²) in [6.07, 6.45) is 1.69. The molecule has 4 heteroatoms. The maximum absolute atomic E-state index is 9.35. The van der Waals surface area contributed by atoms with Crippen LogP contribution in [0.4, 0.5) is 5.82 Å². The number of aliphatic hydroxyl groups excluding tert-OH is 1. The Hall–Kier alpha value is -1.13. The Bertz CT molecular complexity index is 260. The second-order valence-corrected chi connectivity index (χ2v) is 2.97. The van der Waals surface area contributed by atoms with Crippen LogP contribution in [-0.2, 0) is 6.42 Å². The van der Waals surface area contributed by atoms with Gasteiger partial charge in [0.05, 0.1) is 6.04 Å². The number of aromatic nitrogens is 1. The number of anilines is 1. The van der Waals surface area contributed by atoms with Crippen LogP contribution in [0.2, 0.25) is 0 Å². The van der Waals surface area contributed by atoms with E-state index in [9.17, 15) is 5.11 Å². The third kappa shape index (κ3) is 1.15. The van der Waals surface area contributed by atoms with Crippen LogP contribution in [0.15, 0.2) is 18.3 Å². The molecule has 1 aromatic heterocycles. The van der Waals surface area contributed by atoms with Crippen LogP contribution in [0.5, 0.6) is 0 Å². The molecule has 2 heterocycles. The average molecular weight is 165 g/mol. The van der Waals surface area contributed by atoms with Crippen LogP contribution in [0.1, 0.15) is 5.56 Å². The SMILES string of the molecule is NC1Cc2cccnc2NC1O. The third-order valence-corrected chi connectivity index (χ3v) is 2.04. The Morgan fingerprint density at radius 2 is 2.50 bits per heavy atom. The minimum Gasteiger partial charge on any atom is -0.372 e. The lowest BCUT2D eigenvalue weighted by atomic mass is 10.0. The molecule has 0 radical (unpaired) electrons. The zero-order valence-corrected chi connectivity index (χ0v) is 6.57. The fourth-order valence-corrected chi connectivity index (χ4v) is 1.35. The van der Waals surface area contributed by atoms with Gasteiger partial charge in [0.25, 0.3) is 0 Å². The highest BCUT2D eigenvalue weighted by atomic mass is 16.3. The van der Waals surface area contributed by atoms with Crippen molar-refractivity contribution in [2.24, 2.45) is 5.73 Å². The van der Waals surface area contributed by atoms with Gasteiger partial charge < -0.3 is 16.2 Å². The maximum Gasteiger partial charge on any atom is 0.141 e. The van der Waals surface area contributed by atoms with E-state index in [1.54, 1.807) is 6.20 Å². The van der Waals surface area contributed by atoms with Gasteiger partial charge in [-0.3, -0.25) is 0 Å². The van der Waals surface area contributed by atoms with E-state index in [1.165, 1.54) is 0 Å². The number of nitrogens with zero attached hydrogens (tertiary/aromatic N) is 1. The number of fused-ring (bicyclic) bond motifs is 1. The molecule has 0 bridgehead atoms. The Morgan fingerprint density at radius 1 is 1.67 bits per heavy atom. The zero-order chi connectivity index (χ0) is 8.55. The molecule has 0 spiro atoms. The summed E-state index contributed by atoms with van der Waals surface area (Å²) in [7, 11) is 0. The molecule has 2 atom stereocenters. The van der Waals surface area contributed by atoms with Gasteiger partial charge in [0.1, 0.15) is 12.0 Å². The van der Waals surface area contributed by atoms with Crippen LogP contribution in [-0.4, -0.2) is 22.4 Å². The van der Waals surface area contributed by atoms with Crippen LogP contribution < -0.4 is 11.1 Å². The predicted molar refractivity (Wildman–Crippen MR) is 45.5 cm³/mol. The molecule has 1 aliphatic rings. The normalized spacial score (nSPS) is 27.5. The first kappa shape index (κ1) is 7.52. The van der Waals surface area contributed by atoms with Crippen molar-refractivity contribution >= 4 is 5.82 Å². The zero-order valence-electron chi connectivity index (χ0n) is 6.57. The van der Waals surface area contributed by atoms with E-state index in [0.717, 1.165) is 11.4 Å². The predicted octanol–water partition coefficient (Wildman–Crippen LogP) is -0.305. The van der Waals surface area contributed by atoms with E-state index in [1.807, 2.05) is 12.1 Å². The molecule has 64 valence electrons. The first-order valence-electron chi connectivity index (χ1n) is 3.91. The summed E-state index contributed by atoms with van der Waals surface area (Å²) in [5, 5.41) is 12.2. The van der Waals surface area contributed by atoms with Gasteiger partial charge in [0, 0.05) is 6.20 Å². The number of rotatable bonds is 0. The molecule has 0 aromatic carbocycles. The highest BCUT2D eigenvalue weighted by molar-refractivity contribution is 5.47. The summed E-state index contributed by atoms with van der Waals surface area (Å²) in [4.78, 5) is 4.08. The summed E-state index contributed by atoms with van der Waals surface area (Å²) in [5.74, 6) is 0.742. The number of nitrogens with one attached hydrogen (secondary N) is 1. The summed E-state index contributed by atoms with van der Waals surface area (Å²) in [6, 6.07) is 3.59. The summed E-state index contributed by atoms with van der Waals surface area (Å²) < 4.78 is 0. The summed E-state index contributed by atoms with van der Waals surface area (Å²) in [5.41, 5.74) is 6.72. The van der Waals surface area contributed by atoms with Gasteiger partial charge in [-0.1, -0.05) is 6.07 Å². The Labute approximate surface area is 70.4 Å². The van der Waals surface area contributed by atoms with Crippen LogP contribution >= 0.6 is 0 Å². The van der Waals surface area contributed by atoms with Crippen molar-refractivity contribution in [2.75, 3.05) is 5.32 Å². The largest absolute Gasteiger partial charge is 0.372 e. The van der Waals surface area contributed by atoms with E-state index < -0.39 is 6.23 Å². The number of aliphatic hydroxyl groups is 1. The van der Waals surface area contributed by atoms with Crippen molar-refractivity contribution in [3.05, 3.63) is 23.9 Å². The van der Waals surface area contributed by atoms with E-state index in [4.69, 9.17) is 5.73 Å². The van der Waals surface area contributed by atoms with E-state index in [0.29, 0.717) is 6.42 Å². The lowest BCUT2D eigenvalue weighted by Crippen LogP contribution is -2.45. The first-order valence-corrected chi connectivity index (χ1v) is 3.91. The van der Waals surface area contributed by atoms with Crippen molar-refractivity contribution in [1.29, 1.82) is 0 Å². The number of hydrogen-bond donors (Lipinski definition) is 3. The second-order valence-electron chi connectivity index (χ2n) is 2.97. The molecule has 0 saturated carbocycles. The van der Waals surface area contributed by atoms with Gasteiger partial charge in [0.15, 0.2) is 0 Å². The fraction of sp³-hybridized carbons (Fsp3) is 0.375. The summed E-state index contributed by atoms with van der Waals surface area (Å²) in [6.45, 7) is 0. The van der Waals surface area contributed by atoms with Crippen molar-refractivity contribution in [3.8, 4) is 0 Å². The van der Waals surface area contributed by atoms with Crippen molar-refractivity contribution in [1.82, 2.24) is 4.98 Å². The quantitative estimate of drug-likeness (QED) is 0.493. The van der Waals surface area contributed by atoms with Crippen LogP contribution in [0.3, 0.4) is 0 Å². The molecule has 4 nitrogen and oxygen atoms in total. The van der Waals surface area contributed by atoms with Crippen molar-refractivity contribution < 1.29 is 5.11 Å². The molecule has 2 rings (SSSR count). The molecule has 0 fully saturated rings. The Kier molecular flexibility index (Phi) is 1.71. The van der Waals surface area contributed by atoms with E-state index in [2.05, 4.69) is 10.3 Å². The average Bonchev–Trinajstić information content (AvgIpc) is 2.07. The molecule has 1 aromatic rings. The number of pyridine rings is 1. The molecular weight excluding hydrogens is 154 g/mol. The fourth-order valence-electron chi connectivity index (χ4n) is 1.35. The lowest BCUT2D eigenvalue weighted by Gasteiger charge is -2.27. The van der Waals surface area contributed by atoms with Gasteiger partial charge in [-0.25, -0.2) is 4.98 Å². The third-order valence-electron chi connectivity index (χ3n) is 2.04. The van der Waals surface area contributed by atoms with Crippen LogP contribution in [0, 0.1) is 0 Å². The molecule has 2 unspecified atom stereocenters. The van der Waals surface area contributed by atoms with Crippen LogP contribution in [0.25, 0.3) is 0 Å². The molecule has 0 aliphatic carbocycles. The number of nitrogens with two attached hydrogens (primary N) is 1. The molecule has 12 heavy (non-hydrogen) atoms. The highest BCUT2D eigenvalue weighted by Gasteiger charge is 2.23. The minimum absolute atomic E-state index is 0.235. The Morgan fingerprint density at radius 3 is 3.33 bits per heavy atom. The first-order chi connectivity index (χ1) is 5.77. The summed E-state index contributed by atoms with van der Waals surface area (Å²) >= 11 is 0. The van der Waals surface area contributed by atoms with Crippen molar-refractivity contribution in [2.45, 2.75) is 18.7 Å². The van der Waals surface area contributed by atoms with Gasteiger partial charge in [-0.2, -0.15) is 0 Å². The lowest BCUT2D eigenvalue weighted by molar-refractivity contribution is 0.166. The highest BCUT2D eigenvalue weighted by Crippen LogP contribution is 2.19. The maximum atomic E-state index is 9.35. The molecule has 0 saturated heterocycles. The van der Waals surface area contributed by atoms with Gasteiger partial charge in [0.2, 0.25) is 0 Å². The second kappa shape index (κ2) is 2.73. The van der Waals surface area contributed by atoms with E-state index >= 15 is 0 Å². The minimum atomic E-state index is -0.674. The Balaban J connectivity index is 2.34. The molecule has 4 N–H and O–H groups in total. The standard InChI is InChI=1S/C8H11N3O/c9-6-4-5-2-1-3-10-7(5)11-8(6)12/h1-3,6,8,12H,4,9H2,(H,10,11). The van der Waals surface area contributed by atoms with Gasteiger partial charge in [-0.05, 0) is 18.1 Å². The molecule has 0 amide bonds. The monoisotopic (exact) mass is 165 g/mol. The number of hydrogen-bond acceptors (Lipinski definition) is 4. The topological polar surface area (TPSA) is 71.2 Å².